The quantitative estimate of drug-likeness (QED) is 0.525. The molecule has 1 fully saturated rings. The number of benzene rings is 2. The molecular formula is C19H22ClN3O5S. The molecule has 29 heavy (non-hydrogen) atoms. The van der Waals surface area contributed by atoms with Gasteiger partial charge in [0.05, 0.1) is 29.1 Å². The van der Waals surface area contributed by atoms with E-state index in [1.54, 1.807) is 0 Å². The van der Waals surface area contributed by atoms with Crippen molar-refractivity contribution >= 4 is 27.3 Å². The molecule has 10 heteroatoms. The molecule has 1 aliphatic rings. The molecule has 0 aromatic heterocycles. The molecule has 8 nitrogen and oxygen atoms in total. The molecule has 2 aromatic carbocycles. The van der Waals surface area contributed by atoms with Crippen molar-refractivity contribution < 1.29 is 18.1 Å². The van der Waals surface area contributed by atoms with Crippen LogP contribution < -0.4 is 4.72 Å². The average Bonchev–Trinajstić information content (AvgIpc) is 2.68. The van der Waals surface area contributed by atoms with Crippen LogP contribution in [0.5, 0.6) is 0 Å². The number of nitrogens with one attached hydrogen (secondary N) is 1. The van der Waals surface area contributed by atoms with Crippen LogP contribution in [0, 0.1) is 17.0 Å². The highest BCUT2D eigenvalue weighted by Gasteiger charge is 2.26. The van der Waals surface area contributed by atoms with Gasteiger partial charge in [0.2, 0.25) is 10.0 Å². The van der Waals surface area contributed by atoms with E-state index in [0.717, 1.165) is 17.2 Å². The fourth-order valence-electron chi connectivity index (χ4n) is 3.11. The Balaban J connectivity index is 1.90. The van der Waals surface area contributed by atoms with Crippen LogP contribution in [0.4, 0.5) is 5.69 Å². The number of morpholine rings is 1. The zero-order valence-corrected chi connectivity index (χ0v) is 17.4. The second kappa shape index (κ2) is 9.19. The lowest BCUT2D eigenvalue weighted by Crippen LogP contribution is -2.43. The smallest absolute Gasteiger partial charge is 0.289 e. The van der Waals surface area contributed by atoms with Crippen LogP contribution in [0.15, 0.2) is 47.4 Å². The fourth-order valence-corrected chi connectivity index (χ4v) is 4.53. The number of sulfonamides is 1. The van der Waals surface area contributed by atoms with Gasteiger partial charge in [-0.05, 0) is 24.6 Å². The molecule has 156 valence electrons. The first-order chi connectivity index (χ1) is 13.8. The van der Waals surface area contributed by atoms with Crippen LogP contribution in [0.3, 0.4) is 0 Å². The van der Waals surface area contributed by atoms with E-state index in [2.05, 4.69) is 9.62 Å². The third kappa shape index (κ3) is 5.52. The van der Waals surface area contributed by atoms with E-state index >= 15 is 0 Å². The zero-order valence-electron chi connectivity index (χ0n) is 15.9. The van der Waals surface area contributed by atoms with Crippen molar-refractivity contribution in [3.05, 3.63) is 68.7 Å². The summed E-state index contributed by atoms with van der Waals surface area (Å²) >= 11 is 5.81. The van der Waals surface area contributed by atoms with Crippen LogP contribution in [-0.2, 0) is 14.8 Å². The molecule has 0 spiro atoms. The molecule has 1 N–H and O–H groups in total. The molecule has 2 aromatic rings. The monoisotopic (exact) mass is 439 g/mol. The van der Waals surface area contributed by atoms with Gasteiger partial charge in [-0.3, -0.25) is 15.0 Å². The molecule has 1 heterocycles. The predicted octanol–water partition coefficient (Wildman–Crippen LogP) is 2.91. The third-order valence-corrected chi connectivity index (χ3v) is 6.54. The number of halogens is 1. The fraction of sp³-hybridized carbons (Fsp3) is 0.368. The number of aryl methyl sites for hydroxylation is 1. The average molecular weight is 440 g/mol. The van der Waals surface area contributed by atoms with Crippen molar-refractivity contribution in [3.63, 3.8) is 0 Å². The van der Waals surface area contributed by atoms with E-state index in [1.807, 2.05) is 31.2 Å². The minimum atomic E-state index is -4.01. The highest BCUT2D eigenvalue weighted by molar-refractivity contribution is 7.89. The van der Waals surface area contributed by atoms with Crippen LogP contribution in [0.2, 0.25) is 5.02 Å². The largest absolute Gasteiger partial charge is 0.379 e. The Hall–Kier alpha value is -2.04. The molecule has 0 radical (unpaired) electrons. The Morgan fingerprint density at radius 2 is 1.86 bits per heavy atom. The first-order valence-corrected chi connectivity index (χ1v) is 11.0. The van der Waals surface area contributed by atoms with E-state index in [-0.39, 0.29) is 9.92 Å². The van der Waals surface area contributed by atoms with E-state index in [1.165, 1.54) is 12.1 Å². The van der Waals surface area contributed by atoms with Crippen molar-refractivity contribution in [1.29, 1.82) is 0 Å². The summed E-state index contributed by atoms with van der Waals surface area (Å²) < 4.78 is 34.0. The highest BCUT2D eigenvalue weighted by Crippen LogP contribution is 2.28. The van der Waals surface area contributed by atoms with Crippen LogP contribution >= 0.6 is 11.6 Å². The summed E-state index contributed by atoms with van der Waals surface area (Å²) in [7, 11) is -4.01. The minimum absolute atomic E-state index is 0.114. The summed E-state index contributed by atoms with van der Waals surface area (Å²) in [6, 6.07) is 10.5. The first kappa shape index (κ1) is 21.7. The van der Waals surface area contributed by atoms with Gasteiger partial charge in [-0.1, -0.05) is 41.4 Å². The van der Waals surface area contributed by atoms with Crippen molar-refractivity contribution in [3.8, 4) is 0 Å². The van der Waals surface area contributed by atoms with E-state index in [0.29, 0.717) is 32.8 Å². The van der Waals surface area contributed by atoms with E-state index in [9.17, 15) is 18.5 Å². The van der Waals surface area contributed by atoms with Crippen molar-refractivity contribution in [2.24, 2.45) is 0 Å². The number of hydrogen-bond donors (Lipinski definition) is 1. The van der Waals surface area contributed by atoms with Gasteiger partial charge in [-0.15, -0.1) is 0 Å². The molecule has 0 saturated carbocycles. The zero-order chi connectivity index (χ0) is 21.0. The lowest BCUT2D eigenvalue weighted by Gasteiger charge is -2.31. The molecule has 1 aliphatic heterocycles. The number of nitro groups is 1. The number of ether oxygens (including phenoxy) is 1. The second-order valence-electron chi connectivity index (χ2n) is 6.87. The van der Waals surface area contributed by atoms with Gasteiger partial charge in [0.15, 0.2) is 0 Å². The standard InChI is InChI=1S/C19H22ClN3O5S/c1-14-2-4-15(5-3-14)18(13-22-8-10-28-11-9-22)21-29(26,27)16-6-7-17(20)19(12-16)23(24)25/h2-7,12,18,21H,8-11,13H2,1H3. The lowest BCUT2D eigenvalue weighted by atomic mass is 10.1. The van der Waals surface area contributed by atoms with Gasteiger partial charge >= 0.3 is 0 Å². The summed E-state index contributed by atoms with van der Waals surface area (Å²) in [5.74, 6) is 0. The van der Waals surface area contributed by atoms with Gasteiger partial charge in [0, 0.05) is 25.7 Å². The normalized spacial score (nSPS) is 16.5. The van der Waals surface area contributed by atoms with Crippen LogP contribution in [0.25, 0.3) is 0 Å². The Morgan fingerprint density at radius 3 is 2.48 bits per heavy atom. The molecule has 1 unspecified atom stereocenters. The van der Waals surface area contributed by atoms with Crippen molar-refractivity contribution in [1.82, 2.24) is 9.62 Å². The van der Waals surface area contributed by atoms with Gasteiger partial charge in [-0.2, -0.15) is 0 Å². The minimum Gasteiger partial charge on any atom is -0.379 e. The summed E-state index contributed by atoms with van der Waals surface area (Å²) in [5.41, 5.74) is 1.43. The SMILES string of the molecule is Cc1ccc(C(CN2CCOCC2)NS(=O)(=O)c2ccc(Cl)c([N+](=O)[O-])c2)cc1. The predicted molar refractivity (Wildman–Crippen MR) is 110 cm³/mol. The molecule has 1 saturated heterocycles. The molecule has 1 atom stereocenters. The van der Waals surface area contributed by atoms with Crippen molar-refractivity contribution in [2.75, 3.05) is 32.8 Å². The van der Waals surface area contributed by atoms with Crippen LogP contribution in [-0.4, -0.2) is 51.1 Å². The van der Waals surface area contributed by atoms with E-state index in [4.69, 9.17) is 16.3 Å². The maximum Gasteiger partial charge on any atom is 0.289 e. The molecule has 0 amide bonds. The number of nitro benzene ring substituents is 1. The Bertz CT molecular complexity index is 976. The summed E-state index contributed by atoms with van der Waals surface area (Å²) in [4.78, 5) is 12.3. The number of rotatable bonds is 7. The van der Waals surface area contributed by atoms with Gasteiger partial charge in [-0.25, -0.2) is 13.1 Å². The molecular weight excluding hydrogens is 418 g/mol. The first-order valence-electron chi connectivity index (χ1n) is 9.09. The summed E-state index contributed by atoms with van der Waals surface area (Å²) in [6.07, 6.45) is 0. The van der Waals surface area contributed by atoms with Gasteiger partial charge in [0.25, 0.3) is 5.69 Å². The van der Waals surface area contributed by atoms with Gasteiger partial charge in [0.1, 0.15) is 5.02 Å². The topological polar surface area (TPSA) is 102 Å². The number of nitrogens with zero attached hydrogens (tertiary/aromatic N) is 2. The molecule has 0 bridgehead atoms. The maximum atomic E-state index is 13.0. The number of hydrogen-bond acceptors (Lipinski definition) is 6. The Labute approximate surface area is 174 Å². The lowest BCUT2D eigenvalue weighted by molar-refractivity contribution is -0.384. The van der Waals surface area contributed by atoms with Crippen LogP contribution in [0.1, 0.15) is 17.2 Å². The third-order valence-electron chi connectivity index (χ3n) is 4.75. The molecule has 0 aliphatic carbocycles. The maximum absolute atomic E-state index is 13.0. The van der Waals surface area contributed by atoms with Gasteiger partial charge < -0.3 is 4.74 Å². The second-order valence-corrected chi connectivity index (χ2v) is 8.99. The molecule has 3 rings (SSSR count). The van der Waals surface area contributed by atoms with E-state index < -0.39 is 26.7 Å². The van der Waals surface area contributed by atoms with Crippen molar-refractivity contribution in [2.45, 2.75) is 17.9 Å². The summed E-state index contributed by atoms with van der Waals surface area (Å²) in [5, 5.41) is 11.0. The summed E-state index contributed by atoms with van der Waals surface area (Å²) in [6.45, 7) is 5.01. The highest BCUT2D eigenvalue weighted by atomic mass is 35.5. The Kier molecular flexibility index (Phi) is 6.86. The Morgan fingerprint density at radius 1 is 1.21 bits per heavy atom.